The van der Waals surface area contributed by atoms with Crippen LogP contribution in [0.2, 0.25) is 0 Å². The Kier molecular flexibility index (Phi) is 6.26. The molecule has 10 heteroatoms. The predicted octanol–water partition coefficient (Wildman–Crippen LogP) is 3.31. The van der Waals surface area contributed by atoms with Gasteiger partial charge >= 0.3 is 0 Å². The molecule has 0 aliphatic carbocycles. The van der Waals surface area contributed by atoms with Gasteiger partial charge in [0, 0.05) is 24.5 Å². The third kappa shape index (κ3) is 4.52. The molecule has 1 amide bonds. The van der Waals surface area contributed by atoms with Crippen molar-refractivity contribution in [2.45, 2.75) is 37.6 Å². The molecule has 0 N–H and O–H groups in total. The lowest BCUT2D eigenvalue weighted by Crippen LogP contribution is -2.41. The average molecular weight is 496 g/mol. The quantitative estimate of drug-likeness (QED) is 0.363. The predicted molar refractivity (Wildman–Crippen MR) is 133 cm³/mol. The summed E-state index contributed by atoms with van der Waals surface area (Å²) in [6, 6.07) is 17.3. The highest BCUT2D eigenvalue weighted by Crippen LogP contribution is 2.27. The van der Waals surface area contributed by atoms with Crippen LogP contribution in [0.25, 0.3) is 22.1 Å². The van der Waals surface area contributed by atoms with E-state index in [9.17, 15) is 13.2 Å². The minimum absolute atomic E-state index is 0.0108. The molecule has 5 rings (SSSR count). The van der Waals surface area contributed by atoms with E-state index in [2.05, 4.69) is 21.7 Å². The number of hydrogen-bond donors (Lipinski definition) is 0. The fourth-order valence-electron chi connectivity index (χ4n) is 4.50. The molecule has 1 fully saturated rings. The van der Waals surface area contributed by atoms with Crippen LogP contribution in [0.4, 0.5) is 0 Å². The number of aromatic nitrogens is 4. The Morgan fingerprint density at radius 2 is 1.88 bits per heavy atom. The Morgan fingerprint density at radius 1 is 1.12 bits per heavy atom. The Bertz CT molecular complexity index is 1450. The van der Waals surface area contributed by atoms with Crippen LogP contribution in [-0.2, 0) is 27.7 Å². The van der Waals surface area contributed by atoms with Crippen molar-refractivity contribution in [2.24, 2.45) is 0 Å². The second-order valence-corrected chi connectivity index (χ2v) is 11.6. The van der Waals surface area contributed by atoms with Crippen molar-refractivity contribution in [3.05, 3.63) is 60.2 Å². The highest BCUT2D eigenvalue weighted by molar-refractivity contribution is 7.99. The first-order chi connectivity index (χ1) is 16.4. The van der Waals surface area contributed by atoms with Gasteiger partial charge in [0.15, 0.2) is 15.5 Å². The summed E-state index contributed by atoms with van der Waals surface area (Å²) < 4.78 is 26.3. The largest absolute Gasteiger partial charge is 0.334 e. The molecular formula is C24H25N5O3S2. The zero-order chi connectivity index (χ0) is 23.7. The summed E-state index contributed by atoms with van der Waals surface area (Å²) in [4.78, 5) is 19.7. The van der Waals surface area contributed by atoms with Gasteiger partial charge in [0.25, 0.3) is 0 Å². The van der Waals surface area contributed by atoms with Crippen LogP contribution in [-0.4, -0.2) is 62.3 Å². The molecule has 0 radical (unpaired) electrons. The lowest BCUT2D eigenvalue weighted by Gasteiger charge is -2.28. The number of amides is 1. The molecule has 1 aliphatic rings. The maximum atomic E-state index is 13.3. The third-order valence-electron chi connectivity index (χ3n) is 6.16. The molecule has 176 valence electrons. The van der Waals surface area contributed by atoms with Crippen LogP contribution >= 0.6 is 11.8 Å². The van der Waals surface area contributed by atoms with Gasteiger partial charge in [0.05, 0.1) is 22.8 Å². The normalized spacial score (nSPS) is 17.4. The summed E-state index contributed by atoms with van der Waals surface area (Å²) in [5.41, 5.74) is 3.51. The molecule has 1 atom stereocenters. The zero-order valence-corrected chi connectivity index (χ0v) is 20.4. The Morgan fingerprint density at radius 3 is 2.62 bits per heavy atom. The standard InChI is InChI=1S/C24H25N5O3S2/c1-2-28-20-11-7-6-10-19(20)22-23(28)25-24(27-26-22)33-15-21(30)29(14-17-8-4-3-5-9-17)18-12-13-34(31,32)16-18/h3-11,18H,2,12-16H2,1H3/t18-/m0/s1. The van der Waals surface area contributed by atoms with Gasteiger partial charge in [-0.1, -0.05) is 60.3 Å². The van der Waals surface area contributed by atoms with Crippen LogP contribution in [0.15, 0.2) is 59.8 Å². The highest BCUT2D eigenvalue weighted by Gasteiger charge is 2.34. The van der Waals surface area contributed by atoms with Crippen LogP contribution in [0.1, 0.15) is 18.9 Å². The van der Waals surface area contributed by atoms with Gasteiger partial charge in [-0.15, -0.1) is 10.2 Å². The zero-order valence-electron chi connectivity index (χ0n) is 18.8. The molecular weight excluding hydrogens is 470 g/mol. The summed E-state index contributed by atoms with van der Waals surface area (Å²) in [5, 5.41) is 10.1. The Labute approximate surface area is 202 Å². The van der Waals surface area contributed by atoms with Crippen molar-refractivity contribution in [3.63, 3.8) is 0 Å². The Hall–Kier alpha value is -2.98. The second-order valence-electron chi connectivity index (χ2n) is 8.38. The lowest BCUT2D eigenvalue weighted by atomic mass is 10.1. The molecule has 34 heavy (non-hydrogen) atoms. The number of thioether (sulfide) groups is 1. The van der Waals surface area contributed by atoms with E-state index in [0.29, 0.717) is 18.1 Å². The number of aryl methyl sites for hydroxylation is 1. The first kappa shape index (κ1) is 22.8. The minimum Gasteiger partial charge on any atom is -0.334 e. The topological polar surface area (TPSA) is 98.0 Å². The van der Waals surface area contributed by atoms with Crippen LogP contribution < -0.4 is 0 Å². The third-order valence-corrected chi connectivity index (χ3v) is 8.73. The van der Waals surface area contributed by atoms with E-state index >= 15 is 0 Å². The highest BCUT2D eigenvalue weighted by atomic mass is 32.2. The molecule has 0 bridgehead atoms. The number of fused-ring (bicyclic) bond motifs is 3. The van der Waals surface area contributed by atoms with E-state index in [1.807, 2.05) is 54.6 Å². The second kappa shape index (κ2) is 9.34. The number of hydrogen-bond acceptors (Lipinski definition) is 7. The molecule has 0 spiro atoms. The van der Waals surface area contributed by atoms with Crippen molar-refractivity contribution in [1.29, 1.82) is 0 Å². The maximum absolute atomic E-state index is 13.3. The van der Waals surface area contributed by atoms with E-state index in [1.54, 1.807) is 4.90 Å². The van der Waals surface area contributed by atoms with Crippen molar-refractivity contribution in [1.82, 2.24) is 24.6 Å². The van der Waals surface area contributed by atoms with E-state index in [-0.39, 0.29) is 29.2 Å². The number of sulfone groups is 1. The minimum atomic E-state index is -3.12. The monoisotopic (exact) mass is 495 g/mol. The van der Waals surface area contributed by atoms with Gasteiger partial charge < -0.3 is 9.47 Å². The van der Waals surface area contributed by atoms with Crippen LogP contribution in [0, 0.1) is 0 Å². The lowest BCUT2D eigenvalue weighted by molar-refractivity contribution is -0.130. The van der Waals surface area contributed by atoms with E-state index in [4.69, 9.17) is 4.98 Å². The van der Waals surface area contributed by atoms with Gasteiger partial charge in [-0.2, -0.15) is 0 Å². The first-order valence-corrected chi connectivity index (χ1v) is 14.0. The molecule has 1 saturated heterocycles. The molecule has 8 nitrogen and oxygen atoms in total. The molecule has 1 aliphatic heterocycles. The van der Waals surface area contributed by atoms with Gasteiger partial charge in [0.1, 0.15) is 5.52 Å². The molecule has 4 aromatic rings. The van der Waals surface area contributed by atoms with Gasteiger partial charge in [-0.05, 0) is 25.0 Å². The summed E-state index contributed by atoms with van der Waals surface area (Å²) in [5.74, 6) is 0.115. The van der Waals surface area contributed by atoms with E-state index in [0.717, 1.165) is 34.2 Å². The van der Waals surface area contributed by atoms with Crippen LogP contribution in [0.3, 0.4) is 0 Å². The van der Waals surface area contributed by atoms with E-state index < -0.39 is 9.84 Å². The number of rotatable bonds is 7. The smallest absolute Gasteiger partial charge is 0.233 e. The average Bonchev–Trinajstić information content (AvgIpc) is 3.37. The number of nitrogens with zero attached hydrogens (tertiary/aromatic N) is 5. The molecule has 0 unspecified atom stereocenters. The van der Waals surface area contributed by atoms with Gasteiger partial charge in [-0.25, -0.2) is 13.4 Å². The molecule has 0 saturated carbocycles. The van der Waals surface area contributed by atoms with Crippen molar-refractivity contribution >= 4 is 49.6 Å². The summed E-state index contributed by atoms with van der Waals surface area (Å²) in [6.45, 7) is 3.18. The summed E-state index contributed by atoms with van der Waals surface area (Å²) in [6.07, 6.45) is 0.464. The molecule has 2 aromatic heterocycles. The summed E-state index contributed by atoms with van der Waals surface area (Å²) in [7, 11) is -3.12. The first-order valence-electron chi connectivity index (χ1n) is 11.2. The Balaban J connectivity index is 1.38. The van der Waals surface area contributed by atoms with Gasteiger partial charge in [0.2, 0.25) is 11.1 Å². The van der Waals surface area contributed by atoms with Crippen molar-refractivity contribution < 1.29 is 13.2 Å². The van der Waals surface area contributed by atoms with Crippen molar-refractivity contribution in [2.75, 3.05) is 17.3 Å². The molecule has 2 aromatic carbocycles. The van der Waals surface area contributed by atoms with E-state index in [1.165, 1.54) is 11.8 Å². The SMILES string of the molecule is CCn1c2ccccc2c2nnc(SCC(=O)N(Cc3ccccc3)[C@H]3CCS(=O)(=O)C3)nc21. The number of para-hydroxylation sites is 1. The fraction of sp³-hybridized carbons (Fsp3) is 0.333. The number of benzene rings is 2. The van der Waals surface area contributed by atoms with Crippen molar-refractivity contribution in [3.8, 4) is 0 Å². The molecule has 3 heterocycles. The number of carbonyl (C=O) groups excluding carboxylic acids is 1. The fourth-order valence-corrected chi connectivity index (χ4v) is 6.90. The maximum Gasteiger partial charge on any atom is 0.233 e. The summed E-state index contributed by atoms with van der Waals surface area (Å²) >= 11 is 1.23. The van der Waals surface area contributed by atoms with Crippen LogP contribution in [0.5, 0.6) is 0 Å². The van der Waals surface area contributed by atoms with Gasteiger partial charge in [-0.3, -0.25) is 4.79 Å². The number of carbonyl (C=O) groups is 1.